The normalized spacial score (nSPS) is 25.1. The molecule has 17 heavy (non-hydrogen) atoms. The molecule has 102 valence electrons. The molecule has 0 aliphatic heterocycles. The molecule has 3 N–H and O–H groups in total. The lowest BCUT2D eigenvalue weighted by molar-refractivity contribution is -0.125. The van der Waals surface area contributed by atoms with E-state index in [1.54, 1.807) is 0 Å². The minimum Gasteiger partial charge on any atom is -0.369 e. The van der Waals surface area contributed by atoms with Gasteiger partial charge in [-0.1, -0.05) is 13.3 Å². The Kier molecular flexibility index (Phi) is 7.10. The van der Waals surface area contributed by atoms with Crippen LogP contribution in [0.5, 0.6) is 0 Å². The Morgan fingerprint density at radius 3 is 2.24 bits per heavy atom. The number of carbonyl (C=O) groups excluding carboxylic acids is 1. The van der Waals surface area contributed by atoms with E-state index in [0.29, 0.717) is 12.6 Å². The van der Waals surface area contributed by atoms with Crippen LogP contribution in [-0.4, -0.2) is 18.5 Å². The standard InChI is InChI=1S/C13H26N2O.ClH/c1-4-10-5-7-11(8-6-10)15-9-13(2,3)12(14)16;/h10-11,15H,4-9H2,1-3H3,(H2,14,16);1H. The van der Waals surface area contributed by atoms with Gasteiger partial charge in [0, 0.05) is 12.6 Å². The van der Waals surface area contributed by atoms with E-state index in [-0.39, 0.29) is 18.3 Å². The second-order valence-corrected chi connectivity index (χ2v) is 5.75. The lowest BCUT2D eigenvalue weighted by Gasteiger charge is -2.31. The van der Waals surface area contributed by atoms with Crippen molar-refractivity contribution in [1.29, 1.82) is 0 Å². The molecule has 0 atom stereocenters. The van der Waals surface area contributed by atoms with E-state index in [1.807, 2.05) is 13.8 Å². The number of amides is 1. The van der Waals surface area contributed by atoms with E-state index >= 15 is 0 Å². The maximum atomic E-state index is 11.2. The van der Waals surface area contributed by atoms with Crippen LogP contribution in [0.3, 0.4) is 0 Å². The van der Waals surface area contributed by atoms with Crippen molar-refractivity contribution in [3.8, 4) is 0 Å². The molecule has 3 nitrogen and oxygen atoms in total. The SMILES string of the molecule is CCC1CCC(NCC(C)(C)C(N)=O)CC1.Cl. The van der Waals surface area contributed by atoms with E-state index in [0.717, 1.165) is 5.92 Å². The van der Waals surface area contributed by atoms with Gasteiger partial charge in [0.2, 0.25) is 5.91 Å². The molecule has 0 bridgehead atoms. The predicted octanol–water partition coefficient (Wildman–Crippen LogP) is 2.48. The first-order valence-corrected chi connectivity index (χ1v) is 6.49. The third-order valence-corrected chi connectivity index (χ3v) is 3.92. The topological polar surface area (TPSA) is 55.1 Å². The summed E-state index contributed by atoms with van der Waals surface area (Å²) < 4.78 is 0. The van der Waals surface area contributed by atoms with Gasteiger partial charge >= 0.3 is 0 Å². The Hall–Kier alpha value is -0.280. The van der Waals surface area contributed by atoms with E-state index in [4.69, 9.17) is 5.73 Å². The van der Waals surface area contributed by atoms with Crippen LogP contribution in [0.4, 0.5) is 0 Å². The number of hydrogen-bond acceptors (Lipinski definition) is 2. The first-order chi connectivity index (χ1) is 7.45. The van der Waals surface area contributed by atoms with Crippen LogP contribution in [0.1, 0.15) is 52.9 Å². The zero-order valence-electron chi connectivity index (χ0n) is 11.3. The summed E-state index contributed by atoms with van der Waals surface area (Å²) in [6.07, 6.45) is 6.44. The van der Waals surface area contributed by atoms with E-state index in [1.165, 1.54) is 32.1 Å². The summed E-state index contributed by atoms with van der Waals surface area (Å²) in [7, 11) is 0. The minimum absolute atomic E-state index is 0. The summed E-state index contributed by atoms with van der Waals surface area (Å²) in [6.45, 7) is 6.78. The van der Waals surface area contributed by atoms with Gasteiger partial charge in [-0.05, 0) is 45.4 Å². The monoisotopic (exact) mass is 262 g/mol. The van der Waals surface area contributed by atoms with Crippen molar-refractivity contribution < 1.29 is 4.79 Å². The van der Waals surface area contributed by atoms with Crippen molar-refractivity contribution in [2.45, 2.75) is 58.9 Å². The largest absolute Gasteiger partial charge is 0.369 e. The van der Waals surface area contributed by atoms with Crippen LogP contribution >= 0.6 is 12.4 Å². The maximum Gasteiger partial charge on any atom is 0.224 e. The highest BCUT2D eigenvalue weighted by atomic mass is 35.5. The molecule has 4 heteroatoms. The Labute approximate surface area is 111 Å². The quantitative estimate of drug-likeness (QED) is 0.800. The molecule has 0 spiro atoms. The molecule has 1 fully saturated rings. The van der Waals surface area contributed by atoms with Crippen molar-refractivity contribution >= 4 is 18.3 Å². The van der Waals surface area contributed by atoms with Crippen molar-refractivity contribution in [1.82, 2.24) is 5.32 Å². The highest BCUT2D eigenvalue weighted by molar-refractivity contribution is 5.85. The van der Waals surface area contributed by atoms with E-state index in [9.17, 15) is 4.79 Å². The highest BCUT2D eigenvalue weighted by Gasteiger charge is 2.27. The third-order valence-electron chi connectivity index (χ3n) is 3.92. The first kappa shape index (κ1) is 16.7. The summed E-state index contributed by atoms with van der Waals surface area (Å²) in [5.41, 5.74) is 4.92. The smallest absolute Gasteiger partial charge is 0.224 e. The fraction of sp³-hybridized carbons (Fsp3) is 0.923. The Balaban J connectivity index is 0.00000256. The molecule has 1 aliphatic carbocycles. The molecule has 1 rings (SSSR count). The minimum atomic E-state index is -0.429. The Morgan fingerprint density at radius 2 is 1.82 bits per heavy atom. The molecule has 0 radical (unpaired) electrons. The lowest BCUT2D eigenvalue weighted by Crippen LogP contribution is -2.44. The fourth-order valence-corrected chi connectivity index (χ4v) is 2.26. The average molecular weight is 263 g/mol. The molecule has 1 aliphatic rings. The van der Waals surface area contributed by atoms with Crippen molar-refractivity contribution in [2.75, 3.05) is 6.54 Å². The van der Waals surface area contributed by atoms with Crippen LogP contribution in [0.15, 0.2) is 0 Å². The number of carbonyl (C=O) groups is 1. The van der Waals surface area contributed by atoms with Crippen LogP contribution in [0.25, 0.3) is 0 Å². The second-order valence-electron chi connectivity index (χ2n) is 5.75. The third kappa shape index (κ3) is 5.26. The summed E-state index contributed by atoms with van der Waals surface area (Å²) in [5.74, 6) is 0.699. The van der Waals surface area contributed by atoms with E-state index < -0.39 is 5.41 Å². The Bertz CT molecular complexity index is 236. The average Bonchev–Trinajstić information content (AvgIpc) is 2.27. The molecule has 0 unspecified atom stereocenters. The van der Waals surface area contributed by atoms with Crippen LogP contribution in [-0.2, 0) is 4.79 Å². The molecular formula is C13H27ClN2O. The predicted molar refractivity (Wildman–Crippen MR) is 74.3 cm³/mol. The van der Waals surface area contributed by atoms with Gasteiger partial charge in [-0.3, -0.25) is 4.79 Å². The summed E-state index contributed by atoms with van der Waals surface area (Å²) in [4.78, 5) is 11.2. The van der Waals surface area contributed by atoms with Gasteiger partial charge < -0.3 is 11.1 Å². The molecule has 0 saturated heterocycles. The van der Waals surface area contributed by atoms with Crippen molar-refractivity contribution in [2.24, 2.45) is 17.1 Å². The van der Waals surface area contributed by atoms with Crippen LogP contribution in [0.2, 0.25) is 0 Å². The van der Waals surface area contributed by atoms with Gasteiger partial charge in [0.05, 0.1) is 5.41 Å². The van der Waals surface area contributed by atoms with E-state index in [2.05, 4.69) is 12.2 Å². The number of halogens is 1. The van der Waals surface area contributed by atoms with Gasteiger partial charge in [0.15, 0.2) is 0 Å². The molecule has 0 aromatic heterocycles. The molecule has 1 amide bonds. The van der Waals surface area contributed by atoms with Gasteiger partial charge in [0.1, 0.15) is 0 Å². The molecule has 0 aromatic rings. The second kappa shape index (κ2) is 7.22. The summed E-state index contributed by atoms with van der Waals surface area (Å²) in [6, 6.07) is 0.585. The molecule has 1 saturated carbocycles. The van der Waals surface area contributed by atoms with Crippen molar-refractivity contribution in [3.05, 3.63) is 0 Å². The molecule has 0 heterocycles. The van der Waals surface area contributed by atoms with Crippen molar-refractivity contribution in [3.63, 3.8) is 0 Å². The maximum absolute atomic E-state index is 11.2. The zero-order chi connectivity index (χ0) is 12.2. The fourth-order valence-electron chi connectivity index (χ4n) is 2.26. The zero-order valence-corrected chi connectivity index (χ0v) is 12.1. The van der Waals surface area contributed by atoms with Gasteiger partial charge in [-0.15, -0.1) is 12.4 Å². The van der Waals surface area contributed by atoms with Crippen LogP contribution in [0, 0.1) is 11.3 Å². The summed E-state index contributed by atoms with van der Waals surface area (Å²) in [5, 5.41) is 3.49. The van der Waals surface area contributed by atoms with Gasteiger partial charge in [0.25, 0.3) is 0 Å². The number of nitrogens with one attached hydrogen (secondary N) is 1. The van der Waals surface area contributed by atoms with Gasteiger partial charge in [-0.25, -0.2) is 0 Å². The number of hydrogen-bond donors (Lipinski definition) is 2. The van der Waals surface area contributed by atoms with Crippen LogP contribution < -0.4 is 11.1 Å². The Morgan fingerprint density at radius 1 is 1.29 bits per heavy atom. The lowest BCUT2D eigenvalue weighted by atomic mass is 9.84. The molecule has 0 aromatic carbocycles. The number of primary amides is 1. The summed E-state index contributed by atoms with van der Waals surface area (Å²) >= 11 is 0. The number of nitrogens with two attached hydrogens (primary N) is 1. The highest BCUT2D eigenvalue weighted by Crippen LogP contribution is 2.27. The van der Waals surface area contributed by atoms with Gasteiger partial charge in [-0.2, -0.15) is 0 Å². The number of rotatable bonds is 5. The molecular weight excluding hydrogens is 236 g/mol. The first-order valence-electron chi connectivity index (χ1n) is 6.49.